The van der Waals surface area contributed by atoms with Crippen LogP contribution in [0.25, 0.3) is 0 Å². The van der Waals surface area contributed by atoms with Crippen molar-refractivity contribution < 1.29 is 19.1 Å². The van der Waals surface area contributed by atoms with Crippen LogP contribution in [0.5, 0.6) is 0 Å². The summed E-state index contributed by atoms with van der Waals surface area (Å²) in [7, 11) is 0. The lowest BCUT2D eigenvalue weighted by Crippen LogP contribution is -2.50. The van der Waals surface area contributed by atoms with Crippen LogP contribution in [-0.4, -0.2) is 41.8 Å². The van der Waals surface area contributed by atoms with Gasteiger partial charge >= 0.3 is 5.97 Å². The Hall–Kier alpha value is -1.39. The van der Waals surface area contributed by atoms with Crippen LogP contribution in [-0.2, 0) is 19.1 Å². The highest BCUT2D eigenvalue weighted by molar-refractivity contribution is 6.02. The second kappa shape index (κ2) is 4.23. The standard InChI is InChI=1S/C11H15NO4/c1-2-16-11(15)10-7-3-4-9(14)12(7)6-5-8(10)13/h7,10H,2-6H2,1H3. The van der Waals surface area contributed by atoms with Crippen molar-refractivity contribution in [1.82, 2.24) is 4.90 Å². The summed E-state index contributed by atoms with van der Waals surface area (Å²) in [5, 5.41) is 0. The average Bonchev–Trinajstić information content (AvgIpc) is 2.60. The van der Waals surface area contributed by atoms with Crippen LogP contribution in [0.3, 0.4) is 0 Å². The fraction of sp³-hybridized carbons (Fsp3) is 0.727. The Morgan fingerprint density at radius 1 is 1.44 bits per heavy atom. The van der Waals surface area contributed by atoms with Crippen molar-refractivity contribution >= 4 is 17.7 Å². The highest BCUT2D eigenvalue weighted by atomic mass is 16.5. The van der Waals surface area contributed by atoms with E-state index in [4.69, 9.17) is 4.74 Å². The fourth-order valence-corrected chi connectivity index (χ4v) is 2.51. The van der Waals surface area contributed by atoms with E-state index in [-0.39, 0.29) is 30.8 Å². The first kappa shape index (κ1) is 11.1. The SMILES string of the molecule is CCOC(=O)C1C(=O)CCN2C(=O)CCC12. The fourth-order valence-electron chi connectivity index (χ4n) is 2.51. The number of carbonyl (C=O) groups is 3. The van der Waals surface area contributed by atoms with Gasteiger partial charge in [0.05, 0.1) is 12.6 Å². The van der Waals surface area contributed by atoms with Crippen LogP contribution in [0.1, 0.15) is 26.2 Å². The minimum atomic E-state index is -0.750. The van der Waals surface area contributed by atoms with E-state index < -0.39 is 11.9 Å². The number of piperidine rings is 1. The number of hydrogen-bond acceptors (Lipinski definition) is 4. The molecule has 0 radical (unpaired) electrons. The minimum absolute atomic E-state index is 0.0480. The second-order valence-electron chi connectivity index (χ2n) is 4.14. The van der Waals surface area contributed by atoms with Crippen LogP contribution >= 0.6 is 0 Å². The first-order chi connectivity index (χ1) is 7.65. The molecule has 0 aromatic carbocycles. The Labute approximate surface area is 93.7 Å². The second-order valence-corrected chi connectivity index (χ2v) is 4.14. The number of rotatable bonds is 2. The van der Waals surface area contributed by atoms with Gasteiger partial charge in [-0.3, -0.25) is 14.4 Å². The van der Waals surface area contributed by atoms with E-state index in [1.54, 1.807) is 11.8 Å². The smallest absolute Gasteiger partial charge is 0.318 e. The largest absolute Gasteiger partial charge is 0.465 e. The molecule has 0 saturated carbocycles. The molecule has 2 aliphatic rings. The number of esters is 1. The Morgan fingerprint density at radius 3 is 2.88 bits per heavy atom. The predicted octanol–water partition coefficient (Wildman–Crippen LogP) is 0.129. The lowest BCUT2D eigenvalue weighted by Gasteiger charge is -2.34. The van der Waals surface area contributed by atoms with E-state index in [9.17, 15) is 14.4 Å². The topological polar surface area (TPSA) is 63.7 Å². The van der Waals surface area contributed by atoms with Crippen LogP contribution in [0.2, 0.25) is 0 Å². The Morgan fingerprint density at radius 2 is 2.19 bits per heavy atom. The molecule has 2 saturated heterocycles. The summed E-state index contributed by atoms with van der Waals surface area (Å²) in [5.74, 6) is -1.27. The van der Waals surface area contributed by atoms with Crippen molar-refractivity contribution in [3.05, 3.63) is 0 Å². The number of amides is 1. The maximum absolute atomic E-state index is 11.7. The molecule has 88 valence electrons. The van der Waals surface area contributed by atoms with E-state index in [0.29, 0.717) is 19.4 Å². The maximum Gasteiger partial charge on any atom is 0.318 e. The summed E-state index contributed by atoms with van der Waals surface area (Å²) < 4.78 is 4.90. The van der Waals surface area contributed by atoms with E-state index in [0.717, 1.165) is 0 Å². The van der Waals surface area contributed by atoms with Gasteiger partial charge in [-0.25, -0.2) is 0 Å². The average molecular weight is 225 g/mol. The molecule has 2 heterocycles. The Balaban J connectivity index is 2.17. The third-order valence-corrected chi connectivity index (χ3v) is 3.25. The number of ether oxygens (including phenoxy) is 1. The monoisotopic (exact) mass is 225 g/mol. The lowest BCUT2D eigenvalue weighted by atomic mass is 9.88. The third kappa shape index (κ3) is 1.70. The molecule has 2 atom stereocenters. The molecule has 5 heteroatoms. The molecule has 2 rings (SSSR count). The molecule has 2 fully saturated rings. The van der Waals surface area contributed by atoms with Gasteiger partial charge in [0.15, 0.2) is 5.78 Å². The zero-order valence-corrected chi connectivity index (χ0v) is 9.27. The first-order valence-electron chi connectivity index (χ1n) is 5.64. The molecule has 16 heavy (non-hydrogen) atoms. The molecule has 2 aliphatic heterocycles. The molecule has 5 nitrogen and oxygen atoms in total. The van der Waals surface area contributed by atoms with E-state index >= 15 is 0 Å². The van der Waals surface area contributed by atoms with Gasteiger partial charge in [0.1, 0.15) is 5.92 Å². The van der Waals surface area contributed by atoms with Gasteiger partial charge in [0.25, 0.3) is 0 Å². The Kier molecular flexibility index (Phi) is 2.94. The van der Waals surface area contributed by atoms with Crippen molar-refractivity contribution in [1.29, 1.82) is 0 Å². The van der Waals surface area contributed by atoms with Crippen molar-refractivity contribution in [2.45, 2.75) is 32.2 Å². The number of Topliss-reactive ketones (excluding diaryl/α,β-unsaturated/α-hetero) is 1. The number of carbonyl (C=O) groups excluding carboxylic acids is 3. The van der Waals surface area contributed by atoms with Gasteiger partial charge in [0, 0.05) is 19.4 Å². The lowest BCUT2D eigenvalue weighted by molar-refractivity contribution is -0.157. The zero-order valence-electron chi connectivity index (χ0n) is 9.27. The Bertz CT molecular complexity index is 339. The summed E-state index contributed by atoms with van der Waals surface area (Å²) in [6, 6.07) is -0.257. The van der Waals surface area contributed by atoms with Gasteiger partial charge in [-0.2, -0.15) is 0 Å². The quantitative estimate of drug-likeness (QED) is 0.495. The minimum Gasteiger partial charge on any atom is -0.465 e. The highest BCUT2D eigenvalue weighted by Crippen LogP contribution is 2.31. The molecule has 0 aromatic rings. The molecule has 2 unspecified atom stereocenters. The number of hydrogen-bond donors (Lipinski definition) is 0. The van der Waals surface area contributed by atoms with Gasteiger partial charge in [-0.15, -0.1) is 0 Å². The summed E-state index contributed by atoms with van der Waals surface area (Å²) >= 11 is 0. The number of nitrogens with zero attached hydrogens (tertiary/aromatic N) is 1. The molecule has 0 aromatic heterocycles. The number of fused-ring (bicyclic) bond motifs is 1. The molecule has 1 amide bonds. The molecule has 0 spiro atoms. The van der Waals surface area contributed by atoms with Crippen molar-refractivity contribution in [3.63, 3.8) is 0 Å². The summed E-state index contributed by atoms with van der Waals surface area (Å²) in [5.41, 5.74) is 0. The van der Waals surface area contributed by atoms with E-state index in [2.05, 4.69) is 0 Å². The van der Waals surface area contributed by atoms with Crippen molar-refractivity contribution in [2.75, 3.05) is 13.2 Å². The molecule has 0 bridgehead atoms. The highest BCUT2D eigenvalue weighted by Gasteiger charge is 2.47. The van der Waals surface area contributed by atoms with Gasteiger partial charge in [-0.05, 0) is 13.3 Å². The maximum atomic E-state index is 11.7. The van der Waals surface area contributed by atoms with E-state index in [1.165, 1.54) is 0 Å². The molecule has 0 aliphatic carbocycles. The van der Waals surface area contributed by atoms with Crippen LogP contribution < -0.4 is 0 Å². The van der Waals surface area contributed by atoms with Gasteiger partial charge < -0.3 is 9.64 Å². The molecular formula is C11H15NO4. The first-order valence-corrected chi connectivity index (χ1v) is 5.64. The van der Waals surface area contributed by atoms with Crippen molar-refractivity contribution in [2.24, 2.45) is 5.92 Å². The molecular weight excluding hydrogens is 210 g/mol. The van der Waals surface area contributed by atoms with E-state index in [1.807, 2.05) is 0 Å². The van der Waals surface area contributed by atoms with Crippen LogP contribution in [0, 0.1) is 5.92 Å². The van der Waals surface area contributed by atoms with Gasteiger partial charge in [0.2, 0.25) is 5.91 Å². The van der Waals surface area contributed by atoms with Crippen molar-refractivity contribution in [3.8, 4) is 0 Å². The third-order valence-electron chi connectivity index (χ3n) is 3.25. The zero-order chi connectivity index (χ0) is 11.7. The van der Waals surface area contributed by atoms with Gasteiger partial charge in [-0.1, -0.05) is 0 Å². The summed E-state index contributed by atoms with van der Waals surface area (Å²) in [4.78, 5) is 36.6. The summed E-state index contributed by atoms with van der Waals surface area (Å²) in [6.45, 7) is 2.43. The molecule has 0 N–H and O–H groups in total. The predicted molar refractivity (Wildman–Crippen MR) is 54.5 cm³/mol. The normalized spacial score (nSPS) is 29.2. The summed E-state index contributed by atoms with van der Waals surface area (Å²) in [6.07, 6.45) is 1.30. The van der Waals surface area contributed by atoms with Crippen LogP contribution in [0.15, 0.2) is 0 Å². The van der Waals surface area contributed by atoms with Crippen LogP contribution in [0.4, 0.5) is 0 Å². The number of ketones is 1.